The van der Waals surface area contributed by atoms with Crippen molar-refractivity contribution >= 4 is 0 Å². The van der Waals surface area contributed by atoms with E-state index in [1.54, 1.807) is 0 Å². The average molecular weight is 289 g/mol. The third-order valence-corrected chi connectivity index (χ3v) is 3.38. The minimum absolute atomic E-state index is 0.210. The second-order valence-electron chi connectivity index (χ2n) is 5.27. The molecular weight excluding hydrogens is 266 g/mol. The molecule has 114 valence electrons. The average Bonchev–Trinajstić information content (AvgIpc) is 2.93. The van der Waals surface area contributed by atoms with Gasteiger partial charge < -0.3 is 14.6 Å². The maximum absolute atomic E-state index is 5.96. The van der Waals surface area contributed by atoms with Gasteiger partial charge in [0.1, 0.15) is 5.75 Å². The summed E-state index contributed by atoms with van der Waals surface area (Å²) in [6.07, 6.45) is 1.30. The van der Waals surface area contributed by atoms with Gasteiger partial charge in [-0.25, -0.2) is 0 Å². The lowest BCUT2D eigenvalue weighted by Crippen LogP contribution is -2.24. The van der Waals surface area contributed by atoms with Gasteiger partial charge in [-0.15, -0.1) is 0 Å². The highest BCUT2D eigenvalue weighted by Gasteiger charge is 2.19. The molecule has 21 heavy (non-hydrogen) atoms. The fourth-order valence-corrected chi connectivity index (χ4v) is 2.02. The molecule has 2 unspecified atom stereocenters. The lowest BCUT2D eigenvalue weighted by molar-refractivity contribution is 0.154. The van der Waals surface area contributed by atoms with Crippen LogP contribution in [0.25, 0.3) is 0 Å². The Kier molecular flexibility index (Phi) is 5.33. The molecule has 0 fully saturated rings. The highest BCUT2D eigenvalue weighted by atomic mass is 16.5. The Morgan fingerprint density at radius 1 is 1.38 bits per heavy atom. The molecule has 1 heterocycles. The molecule has 1 N–H and O–H groups in total. The van der Waals surface area contributed by atoms with Crippen molar-refractivity contribution in [3.63, 3.8) is 0 Å². The van der Waals surface area contributed by atoms with Gasteiger partial charge in [0, 0.05) is 12.5 Å². The molecular formula is C16H23N3O2. The number of nitrogens with zero attached hydrogens (tertiary/aromatic N) is 2. The van der Waals surface area contributed by atoms with Gasteiger partial charge in [0.25, 0.3) is 5.89 Å². The number of likely N-dealkylation sites (N-methyl/N-ethyl adjacent to an activating group) is 1. The Labute approximate surface area is 125 Å². The smallest absolute Gasteiger partial charge is 0.267 e. The first-order chi connectivity index (χ1) is 10.1. The number of aromatic nitrogens is 2. The number of benzene rings is 1. The molecule has 0 saturated carbocycles. The van der Waals surface area contributed by atoms with Crippen LogP contribution in [0.15, 0.2) is 28.8 Å². The first-order valence-corrected chi connectivity index (χ1v) is 7.35. The van der Waals surface area contributed by atoms with Crippen molar-refractivity contribution in [2.75, 3.05) is 7.05 Å². The van der Waals surface area contributed by atoms with Gasteiger partial charge in [-0.3, -0.25) is 0 Å². The van der Waals surface area contributed by atoms with Crippen LogP contribution in [0.2, 0.25) is 0 Å². The summed E-state index contributed by atoms with van der Waals surface area (Å²) in [5.74, 6) is 2.07. The summed E-state index contributed by atoms with van der Waals surface area (Å²) < 4.78 is 11.3. The molecule has 2 rings (SSSR count). The third kappa shape index (κ3) is 4.29. The van der Waals surface area contributed by atoms with Crippen LogP contribution in [0, 0.1) is 6.92 Å². The molecule has 0 aliphatic rings. The van der Waals surface area contributed by atoms with Crippen LogP contribution < -0.4 is 10.1 Å². The van der Waals surface area contributed by atoms with E-state index in [0.717, 1.165) is 24.2 Å². The largest absolute Gasteiger partial charge is 0.481 e. The zero-order chi connectivity index (χ0) is 15.2. The van der Waals surface area contributed by atoms with Crippen molar-refractivity contribution in [2.45, 2.75) is 45.8 Å². The Balaban J connectivity index is 2.07. The van der Waals surface area contributed by atoms with Crippen LogP contribution in [0.5, 0.6) is 5.75 Å². The van der Waals surface area contributed by atoms with Crippen molar-refractivity contribution in [2.24, 2.45) is 0 Å². The minimum atomic E-state index is -0.210. The number of nitrogens with one attached hydrogen (secondary N) is 1. The number of ether oxygens (including phenoxy) is 1. The quantitative estimate of drug-likeness (QED) is 0.849. The second-order valence-corrected chi connectivity index (χ2v) is 5.27. The number of rotatable bonds is 7. The van der Waals surface area contributed by atoms with E-state index < -0.39 is 0 Å². The van der Waals surface area contributed by atoms with Crippen molar-refractivity contribution in [1.29, 1.82) is 0 Å². The molecule has 1 aromatic carbocycles. The van der Waals surface area contributed by atoms with Gasteiger partial charge in [0.2, 0.25) is 0 Å². The van der Waals surface area contributed by atoms with E-state index in [4.69, 9.17) is 9.26 Å². The Hall–Kier alpha value is -1.88. The minimum Gasteiger partial charge on any atom is -0.481 e. The van der Waals surface area contributed by atoms with Crippen LogP contribution in [0.4, 0.5) is 0 Å². The molecule has 0 saturated heterocycles. The van der Waals surface area contributed by atoms with E-state index in [0.29, 0.717) is 17.8 Å². The predicted molar refractivity (Wildman–Crippen MR) is 81.4 cm³/mol. The molecule has 0 radical (unpaired) electrons. The van der Waals surface area contributed by atoms with Gasteiger partial charge >= 0.3 is 0 Å². The Bertz CT molecular complexity index is 568. The van der Waals surface area contributed by atoms with Crippen LogP contribution in [-0.2, 0) is 6.42 Å². The summed E-state index contributed by atoms with van der Waals surface area (Å²) in [5, 5.41) is 7.19. The molecule has 5 nitrogen and oxygen atoms in total. The van der Waals surface area contributed by atoms with E-state index in [9.17, 15) is 0 Å². The lowest BCUT2D eigenvalue weighted by Gasteiger charge is -2.13. The van der Waals surface area contributed by atoms with Crippen LogP contribution in [-0.4, -0.2) is 23.2 Å². The number of aryl methyl sites for hydroxylation is 1. The highest BCUT2D eigenvalue weighted by Crippen LogP contribution is 2.24. The third-order valence-electron chi connectivity index (χ3n) is 3.38. The lowest BCUT2D eigenvalue weighted by atomic mass is 10.2. The molecule has 0 aliphatic heterocycles. The molecule has 1 aromatic heterocycles. The monoisotopic (exact) mass is 289 g/mol. The molecule has 0 aliphatic carbocycles. The van der Waals surface area contributed by atoms with Crippen LogP contribution >= 0.6 is 0 Å². The van der Waals surface area contributed by atoms with E-state index in [1.165, 1.54) is 0 Å². The topological polar surface area (TPSA) is 60.2 Å². The van der Waals surface area contributed by atoms with Gasteiger partial charge in [-0.2, -0.15) is 4.98 Å². The maximum Gasteiger partial charge on any atom is 0.267 e. The summed E-state index contributed by atoms with van der Waals surface area (Å²) in [6.45, 7) is 6.16. The zero-order valence-corrected chi connectivity index (χ0v) is 13.1. The standard InChI is InChI=1S/C16H23N3O2/c1-5-14(20-13-8-6-7-11(2)9-13)16-18-15(19-21-16)10-12(3)17-4/h6-9,12,14,17H,5,10H2,1-4H3. The normalized spacial score (nSPS) is 13.9. The first-order valence-electron chi connectivity index (χ1n) is 7.35. The Morgan fingerprint density at radius 3 is 2.86 bits per heavy atom. The van der Waals surface area contributed by atoms with E-state index in [2.05, 4.69) is 22.4 Å². The summed E-state index contributed by atoms with van der Waals surface area (Å²) in [5.41, 5.74) is 1.16. The molecule has 2 aromatic rings. The fourth-order valence-electron chi connectivity index (χ4n) is 2.02. The van der Waals surface area contributed by atoms with Gasteiger partial charge in [-0.1, -0.05) is 24.2 Å². The first kappa shape index (κ1) is 15.5. The number of hydrogen-bond acceptors (Lipinski definition) is 5. The highest BCUT2D eigenvalue weighted by molar-refractivity contribution is 5.27. The fraction of sp³-hybridized carbons (Fsp3) is 0.500. The molecule has 2 atom stereocenters. The molecule has 0 bridgehead atoms. The van der Waals surface area contributed by atoms with E-state index in [-0.39, 0.29) is 6.10 Å². The van der Waals surface area contributed by atoms with Gasteiger partial charge in [0.05, 0.1) is 0 Å². The van der Waals surface area contributed by atoms with Gasteiger partial charge in [0.15, 0.2) is 11.9 Å². The van der Waals surface area contributed by atoms with Crippen LogP contribution in [0.3, 0.4) is 0 Å². The van der Waals surface area contributed by atoms with Crippen molar-refractivity contribution in [1.82, 2.24) is 15.5 Å². The van der Waals surface area contributed by atoms with Crippen molar-refractivity contribution in [3.05, 3.63) is 41.5 Å². The zero-order valence-electron chi connectivity index (χ0n) is 13.1. The summed E-state index contributed by atoms with van der Waals surface area (Å²) in [6, 6.07) is 8.27. The van der Waals surface area contributed by atoms with Crippen LogP contribution in [0.1, 0.15) is 43.7 Å². The predicted octanol–water partition coefficient (Wildman–Crippen LogP) is 3.06. The summed E-state index contributed by atoms with van der Waals surface area (Å²) in [7, 11) is 1.92. The maximum atomic E-state index is 5.96. The van der Waals surface area contributed by atoms with Crippen molar-refractivity contribution in [3.8, 4) is 5.75 Å². The molecule has 0 amide bonds. The van der Waals surface area contributed by atoms with Crippen molar-refractivity contribution < 1.29 is 9.26 Å². The summed E-state index contributed by atoms with van der Waals surface area (Å²) in [4.78, 5) is 4.45. The van der Waals surface area contributed by atoms with Gasteiger partial charge in [-0.05, 0) is 45.0 Å². The number of hydrogen-bond donors (Lipinski definition) is 1. The molecule has 0 spiro atoms. The van der Waals surface area contributed by atoms with E-state index in [1.807, 2.05) is 45.2 Å². The Morgan fingerprint density at radius 2 is 2.19 bits per heavy atom. The second kappa shape index (κ2) is 7.22. The SMILES string of the molecule is CCC(Oc1cccc(C)c1)c1nc(CC(C)NC)no1. The van der Waals surface area contributed by atoms with E-state index >= 15 is 0 Å². The molecule has 5 heteroatoms. The summed E-state index contributed by atoms with van der Waals surface area (Å²) >= 11 is 0.